The van der Waals surface area contributed by atoms with Gasteiger partial charge in [0, 0.05) is 12.8 Å². The van der Waals surface area contributed by atoms with Crippen LogP contribution in [0.25, 0.3) is 0 Å². The monoisotopic (exact) mass is 460 g/mol. The van der Waals surface area contributed by atoms with Gasteiger partial charge in [-0.3, -0.25) is 4.79 Å². The molecule has 190 valence electrons. The van der Waals surface area contributed by atoms with Crippen molar-refractivity contribution in [3.05, 3.63) is 0 Å². The molecule has 3 heteroatoms. The molecule has 0 aromatic rings. The van der Waals surface area contributed by atoms with Crippen LogP contribution in [0.2, 0.25) is 0 Å². The number of hydrogen-bond donors (Lipinski definition) is 1. The van der Waals surface area contributed by atoms with E-state index in [9.17, 15) is 9.90 Å². The van der Waals surface area contributed by atoms with Crippen LogP contribution >= 0.6 is 0 Å². The maximum Gasteiger partial charge on any atom is 0.302 e. The number of ether oxygens (including phenoxy) is 1. The van der Waals surface area contributed by atoms with Crippen molar-refractivity contribution in [3.8, 4) is 0 Å². The lowest BCUT2D eigenvalue weighted by Gasteiger charge is -2.63. The van der Waals surface area contributed by atoms with E-state index in [0.29, 0.717) is 23.2 Å². The fourth-order valence-corrected chi connectivity index (χ4v) is 9.68. The van der Waals surface area contributed by atoms with Crippen molar-refractivity contribution in [2.75, 3.05) is 0 Å². The van der Waals surface area contributed by atoms with Crippen LogP contribution in [0.4, 0.5) is 0 Å². The van der Waals surface area contributed by atoms with Crippen molar-refractivity contribution in [2.45, 2.75) is 125 Å². The van der Waals surface area contributed by atoms with Crippen molar-refractivity contribution in [1.82, 2.24) is 0 Å². The summed E-state index contributed by atoms with van der Waals surface area (Å²) in [5.41, 5.74) is 0.499. The molecule has 0 radical (unpaired) electrons. The molecule has 1 N–H and O–H groups in total. The topological polar surface area (TPSA) is 46.5 Å². The Hall–Kier alpha value is -0.570. The molecular formula is C30H52O3. The maximum atomic E-state index is 12.3. The van der Waals surface area contributed by atoms with Gasteiger partial charge in [0.1, 0.15) is 6.10 Å². The molecular weight excluding hydrogens is 408 g/mol. The van der Waals surface area contributed by atoms with Crippen LogP contribution in [-0.2, 0) is 9.53 Å². The van der Waals surface area contributed by atoms with Crippen molar-refractivity contribution >= 4 is 5.97 Å². The fourth-order valence-electron chi connectivity index (χ4n) is 9.68. The highest BCUT2D eigenvalue weighted by molar-refractivity contribution is 5.66. The number of carbonyl (C=O) groups is 1. The van der Waals surface area contributed by atoms with Crippen LogP contribution in [-0.4, -0.2) is 23.3 Å². The highest BCUT2D eigenvalue weighted by Gasteiger charge is 2.64. The summed E-state index contributed by atoms with van der Waals surface area (Å²) in [4.78, 5) is 12.3. The lowest BCUT2D eigenvalue weighted by molar-refractivity contribution is -0.199. The van der Waals surface area contributed by atoms with E-state index in [1.165, 1.54) is 38.5 Å². The molecule has 4 aliphatic carbocycles. The molecule has 0 aliphatic heterocycles. The van der Waals surface area contributed by atoms with Gasteiger partial charge in [-0.25, -0.2) is 0 Å². The SMILES string of the molecule is CC(=O)O[C@@H]1C[C@]2(C)[C@H](CC[C@@H]2[C@H](C)CC[C@H](C)C(C)C)[C@@H]2CC[C@H]3C[C@H](O)CC[C@@]3(C)[C@H]21. The van der Waals surface area contributed by atoms with Gasteiger partial charge < -0.3 is 9.84 Å². The van der Waals surface area contributed by atoms with Gasteiger partial charge in [-0.05, 0) is 104 Å². The van der Waals surface area contributed by atoms with Crippen LogP contribution < -0.4 is 0 Å². The van der Waals surface area contributed by atoms with Crippen LogP contribution in [0, 0.1) is 58.2 Å². The average molecular weight is 461 g/mol. The van der Waals surface area contributed by atoms with Gasteiger partial charge in [-0.2, -0.15) is 0 Å². The third-order valence-corrected chi connectivity index (χ3v) is 11.8. The van der Waals surface area contributed by atoms with Gasteiger partial charge in [0.2, 0.25) is 0 Å². The Morgan fingerprint density at radius 1 is 1.00 bits per heavy atom. The Morgan fingerprint density at radius 3 is 2.39 bits per heavy atom. The number of carbonyl (C=O) groups excluding carboxylic acids is 1. The smallest absolute Gasteiger partial charge is 0.302 e. The second-order valence-electron chi connectivity index (χ2n) is 13.8. The highest BCUT2D eigenvalue weighted by Crippen LogP contribution is 2.68. The maximum absolute atomic E-state index is 12.3. The van der Waals surface area contributed by atoms with Crippen molar-refractivity contribution < 1.29 is 14.6 Å². The van der Waals surface area contributed by atoms with E-state index in [4.69, 9.17) is 4.74 Å². The molecule has 4 saturated carbocycles. The van der Waals surface area contributed by atoms with Crippen LogP contribution in [0.5, 0.6) is 0 Å². The van der Waals surface area contributed by atoms with E-state index >= 15 is 0 Å². The van der Waals surface area contributed by atoms with E-state index in [1.807, 2.05) is 0 Å². The van der Waals surface area contributed by atoms with Gasteiger partial charge in [-0.1, -0.05) is 54.4 Å². The molecule has 0 spiro atoms. The zero-order valence-corrected chi connectivity index (χ0v) is 22.6. The molecule has 4 aliphatic rings. The minimum absolute atomic E-state index is 0.0548. The zero-order chi connectivity index (χ0) is 24.1. The normalized spacial score (nSPS) is 46.8. The van der Waals surface area contributed by atoms with E-state index in [0.717, 1.165) is 55.3 Å². The quantitative estimate of drug-likeness (QED) is 0.424. The van der Waals surface area contributed by atoms with Gasteiger partial charge in [-0.15, -0.1) is 0 Å². The molecule has 3 nitrogen and oxygen atoms in total. The minimum atomic E-state index is -0.134. The first kappa shape index (κ1) is 25.5. The van der Waals surface area contributed by atoms with Crippen molar-refractivity contribution in [3.63, 3.8) is 0 Å². The van der Waals surface area contributed by atoms with Crippen molar-refractivity contribution in [1.29, 1.82) is 0 Å². The molecule has 0 amide bonds. The lowest BCUT2D eigenvalue weighted by atomic mass is 9.43. The molecule has 11 atom stereocenters. The Labute approximate surface area is 203 Å². The number of fused-ring (bicyclic) bond motifs is 5. The second-order valence-corrected chi connectivity index (χ2v) is 13.8. The number of aliphatic hydroxyl groups is 1. The summed E-state index contributed by atoms with van der Waals surface area (Å²) in [5.74, 6) is 5.45. The van der Waals surface area contributed by atoms with E-state index in [2.05, 4.69) is 41.5 Å². The number of esters is 1. The molecule has 0 saturated heterocycles. The van der Waals surface area contributed by atoms with E-state index < -0.39 is 0 Å². The van der Waals surface area contributed by atoms with Gasteiger partial charge in [0.05, 0.1) is 6.10 Å². The summed E-state index contributed by atoms with van der Waals surface area (Å²) in [5, 5.41) is 10.4. The molecule has 0 unspecified atom stereocenters. The largest absolute Gasteiger partial charge is 0.462 e. The summed E-state index contributed by atoms with van der Waals surface area (Å²) in [6.45, 7) is 16.3. The predicted molar refractivity (Wildman–Crippen MR) is 135 cm³/mol. The first-order valence-corrected chi connectivity index (χ1v) is 14.3. The summed E-state index contributed by atoms with van der Waals surface area (Å²) in [6.07, 6.45) is 11.8. The number of hydrogen-bond acceptors (Lipinski definition) is 3. The molecule has 0 heterocycles. The molecule has 4 rings (SSSR count). The first-order chi connectivity index (χ1) is 15.5. The van der Waals surface area contributed by atoms with E-state index in [-0.39, 0.29) is 23.6 Å². The molecule has 0 aromatic heterocycles. The Balaban J connectivity index is 1.59. The molecule has 33 heavy (non-hydrogen) atoms. The zero-order valence-electron chi connectivity index (χ0n) is 22.6. The standard InChI is InChI=1S/C30H52O3/c1-18(2)19(3)8-9-20(4)25-12-13-26-24-11-10-22-16-23(32)14-15-29(22,6)28(24)27(33-21(5)31)17-30(25,26)7/h18-20,22-28,32H,8-17H2,1-7H3/t19-,20+,22-,23+,24-,25+,26+,27+,28+,29+,30-/m0/s1. The van der Waals surface area contributed by atoms with Crippen LogP contribution in [0.3, 0.4) is 0 Å². The predicted octanol–water partition coefficient (Wildman–Crippen LogP) is 7.26. The summed E-state index contributed by atoms with van der Waals surface area (Å²) >= 11 is 0. The summed E-state index contributed by atoms with van der Waals surface area (Å²) in [6, 6.07) is 0. The van der Waals surface area contributed by atoms with Gasteiger partial charge in [0.25, 0.3) is 0 Å². The molecule has 4 fully saturated rings. The lowest BCUT2D eigenvalue weighted by Crippen LogP contribution is -2.60. The molecule has 0 bridgehead atoms. The molecule has 0 aromatic carbocycles. The fraction of sp³-hybridized carbons (Fsp3) is 0.967. The Bertz CT molecular complexity index is 703. The summed E-state index contributed by atoms with van der Waals surface area (Å²) in [7, 11) is 0. The summed E-state index contributed by atoms with van der Waals surface area (Å²) < 4.78 is 6.23. The number of rotatable bonds is 6. The van der Waals surface area contributed by atoms with Gasteiger partial charge in [0.15, 0.2) is 0 Å². The van der Waals surface area contributed by atoms with Crippen molar-refractivity contribution in [2.24, 2.45) is 58.2 Å². The highest BCUT2D eigenvalue weighted by atomic mass is 16.5. The van der Waals surface area contributed by atoms with E-state index in [1.54, 1.807) is 6.92 Å². The second kappa shape index (κ2) is 9.47. The number of aliphatic hydroxyl groups excluding tert-OH is 1. The first-order valence-electron chi connectivity index (χ1n) is 14.3. The third kappa shape index (κ3) is 4.54. The minimum Gasteiger partial charge on any atom is -0.462 e. The van der Waals surface area contributed by atoms with Crippen LogP contribution in [0.15, 0.2) is 0 Å². The Kier molecular flexibility index (Phi) is 7.33. The third-order valence-electron chi connectivity index (χ3n) is 11.8. The van der Waals surface area contributed by atoms with Gasteiger partial charge >= 0.3 is 5.97 Å². The Morgan fingerprint density at radius 2 is 1.73 bits per heavy atom. The average Bonchev–Trinajstić information content (AvgIpc) is 3.08. The van der Waals surface area contributed by atoms with Crippen LogP contribution in [0.1, 0.15) is 113 Å².